The Bertz CT molecular complexity index is 4360. The molecule has 0 saturated carbocycles. The van der Waals surface area contributed by atoms with Crippen molar-refractivity contribution in [3.8, 4) is 34.4 Å². The third-order valence-electron chi connectivity index (χ3n) is 16.7. The molecule has 0 radical (unpaired) electrons. The number of rotatable bonds is 12. The highest BCUT2D eigenvalue weighted by molar-refractivity contribution is 7.20. The Balaban J connectivity index is 1.01. The van der Waals surface area contributed by atoms with E-state index >= 15 is 0 Å². The lowest BCUT2D eigenvalue weighted by Crippen LogP contribution is -2.74. The van der Waals surface area contributed by atoms with Gasteiger partial charge in [-0.25, -0.2) is 4.98 Å². The molecule has 0 N–H and O–H groups in total. The van der Waals surface area contributed by atoms with Gasteiger partial charge in [0.05, 0.1) is 27.8 Å². The molecule has 0 atom stereocenters. The van der Waals surface area contributed by atoms with Gasteiger partial charge in [-0.05, 0) is 71.8 Å². The van der Waals surface area contributed by atoms with Crippen LogP contribution in [-0.4, -0.2) is 40.2 Å². The second-order valence-electron chi connectivity index (χ2n) is 21.0. The first-order valence-corrected chi connectivity index (χ1v) is 32.0. The highest BCUT2D eigenvalue weighted by atomic mass is 28.3. The van der Waals surface area contributed by atoms with Crippen LogP contribution in [0.15, 0.2) is 322 Å². The lowest BCUT2D eigenvalue weighted by Gasteiger charge is -2.34. The zero-order chi connectivity index (χ0) is 54.5. The molecule has 15 rings (SSSR count). The van der Waals surface area contributed by atoms with Gasteiger partial charge in [-0.1, -0.05) is 291 Å². The topological polar surface area (TPSA) is 48.5 Å². The van der Waals surface area contributed by atoms with Gasteiger partial charge in [0.1, 0.15) is 0 Å². The summed E-state index contributed by atoms with van der Waals surface area (Å²) in [5.74, 6) is 1.72. The van der Waals surface area contributed by atoms with Gasteiger partial charge in [-0.15, -0.1) is 0 Å². The maximum Gasteiger partial charge on any atom is 0.238 e. The predicted octanol–water partition coefficient (Wildman–Crippen LogP) is 12.2. The molecule has 12 aromatic carbocycles. The predicted molar refractivity (Wildman–Crippen MR) is 347 cm³/mol. The van der Waals surface area contributed by atoms with Crippen LogP contribution in [0.4, 0.5) is 0 Å². The molecular weight excluding hydrogens is 1030 g/mol. The molecule has 0 unspecified atom stereocenters. The normalized spacial score (nSPS) is 11.9. The van der Waals surface area contributed by atoms with E-state index in [0.717, 1.165) is 49.7 Å². The van der Waals surface area contributed by atoms with E-state index in [1.165, 1.54) is 52.3 Å². The molecule has 0 aliphatic rings. The summed E-state index contributed by atoms with van der Waals surface area (Å²) in [4.78, 5) is 17.0. The van der Waals surface area contributed by atoms with Crippen molar-refractivity contribution in [2.75, 3.05) is 0 Å². The van der Waals surface area contributed by atoms with E-state index in [4.69, 9.17) is 15.0 Å². The van der Waals surface area contributed by atoms with Crippen molar-refractivity contribution < 1.29 is 0 Å². The molecular formula is C75H53N5Si2. The summed E-state index contributed by atoms with van der Waals surface area (Å²) in [6.45, 7) is 0. The fraction of sp³-hybridized carbons (Fsp3) is 0. The minimum Gasteiger partial charge on any atom is -0.309 e. The Morgan fingerprint density at radius 3 is 0.927 bits per heavy atom. The molecule has 0 aliphatic carbocycles. The van der Waals surface area contributed by atoms with Gasteiger partial charge in [0.15, 0.2) is 27.8 Å². The van der Waals surface area contributed by atoms with E-state index in [-0.39, 0.29) is 0 Å². The first kappa shape index (κ1) is 48.8. The van der Waals surface area contributed by atoms with Crippen LogP contribution in [0.1, 0.15) is 0 Å². The van der Waals surface area contributed by atoms with Crippen LogP contribution in [0.2, 0.25) is 0 Å². The van der Waals surface area contributed by atoms with Crippen LogP contribution in [0.5, 0.6) is 0 Å². The summed E-state index contributed by atoms with van der Waals surface area (Å²) >= 11 is 0. The molecule has 0 saturated heterocycles. The average Bonchev–Trinajstić information content (AvgIpc) is 4.10. The second kappa shape index (κ2) is 20.4. The van der Waals surface area contributed by atoms with Crippen LogP contribution in [0.3, 0.4) is 0 Å². The van der Waals surface area contributed by atoms with E-state index in [2.05, 4.69) is 331 Å². The monoisotopic (exact) mass is 1080 g/mol. The van der Waals surface area contributed by atoms with Crippen molar-refractivity contribution in [1.29, 1.82) is 0 Å². The fourth-order valence-electron chi connectivity index (χ4n) is 13.2. The number of benzene rings is 12. The standard InChI is InChI=1S/C75H53N5Si2/c1-7-30-56(31-8-1)81(57-32-9-2-10-33-57,58-34-11-3-12-35-58)62-42-25-28-54(52-62)73-76-74(55-29-26-43-63(53-55)82(59-36-13-4-14-37-59,60-38-15-5-16-39-60)61-40-17-6-18-41-61)78-75(77-73)80-69-49-24-21-46-66(69)72-70(50-27-51-71(72)80)79-67-47-22-19-44-64(67)65-45-20-23-48-68(65)79/h1-53H. The first-order valence-electron chi connectivity index (χ1n) is 28.0. The van der Waals surface area contributed by atoms with Crippen LogP contribution >= 0.6 is 0 Å². The summed E-state index contributed by atoms with van der Waals surface area (Å²) in [5.41, 5.74) is 7.22. The van der Waals surface area contributed by atoms with E-state index in [0.29, 0.717) is 17.6 Å². The van der Waals surface area contributed by atoms with E-state index in [1.54, 1.807) is 0 Å². The zero-order valence-corrected chi connectivity index (χ0v) is 46.8. The molecule has 0 bridgehead atoms. The van der Waals surface area contributed by atoms with E-state index in [9.17, 15) is 0 Å². The number of aromatic nitrogens is 5. The Labute approximate surface area is 478 Å². The SMILES string of the molecule is c1ccc([Si](c2ccccc2)(c2ccccc2)c2cccc(-c3nc(-c4cccc([Si](c5ccccc5)(c5ccccc5)c5ccccc5)c4)nc(-n4c5ccccc5c5c(-n6c7ccccc7c7ccccc76)cccc54)n3)c2)cc1. The molecule has 3 heterocycles. The van der Waals surface area contributed by atoms with Crippen molar-refractivity contribution in [2.24, 2.45) is 0 Å². The van der Waals surface area contributed by atoms with E-state index < -0.39 is 16.1 Å². The first-order chi connectivity index (χ1) is 40.7. The van der Waals surface area contributed by atoms with Crippen molar-refractivity contribution >= 4 is 101 Å². The Morgan fingerprint density at radius 1 is 0.232 bits per heavy atom. The van der Waals surface area contributed by atoms with Crippen molar-refractivity contribution in [3.63, 3.8) is 0 Å². The van der Waals surface area contributed by atoms with Crippen LogP contribution in [0, 0.1) is 0 Å². The summed E-state index contributed by atoms with van der Waals surface area (Å²) in [5, 5.41) is 14.9. The van der Waals surface area contributed by atoms with Gasteiger partial charge < -0.3 is 4.57 Å². The fourth-order valence-corrected chi connectivity index (χ4v) is 22.8. The van der Waals surface area contributed by atoms with E-state index in [1.807, 2.05) is 0 Å². The van der Waals surface area contributed by atoms with Crippen LogP contribution in [0.25, 0.3) is 78.0 Å². The molecule has 0 spiro atoms. The van der Waals surface area contributed by atoms with Gasteiger partial charge in [0.25, 0.3) is 0 Å². The minimum absolute atomic E-state index is 0.539. The number of hydrogen-bond donors (Lipinski definition) is 0. The third kappa shape index (κ3) is 7.85. The lowest BCUT2D eigenvalue weighted by atomic mass is 10.1. The second-order valence-corrected chi connectivity index (χ2v) is 28.7. The Morgan fingerprint density at radius 2 is 0.537 bits per heavy atom. The maximum atomic E-state index is 5.68. The third-order valence-corrected chi connectivity index (χ3v) is 26.2. The molecule has 5 nitrogen and oxygen atoms in total. The number of nitrogens with zero attached hydrogens (tertiary/aromatic N) is 5. The zero-order valence-electron chi connectivity index (χ0n) is 44.8. The van der Waals surface area contributed by atoms with Crippen molar-refractivity contribution in [3.05, 3.63) is 322 Å². The van der Waals surface area contributed by atoms with Gasteiger partial charge in [0.2, 0.25) is 5.95 Å². The highest BCUT2D eigenvalue weighted by Gasteiger charge is 2.43. The number of fused-ring (bicyclic) bond motifs is 6. The van der Waals surface area contributed by atoms with Crippen molar-refractivity contribution in [1.82, 2.24) is 24.1 Å². The average molecular weight is 1080 g/mol. The van der Waals surface area contributed by atoms with Crippen molar-refractivity contribution in [2.45, 2.75) is 0 Å². The number of hydrogen-bond acceptors (Lipinski definition) is 3. The molecule has 0 aliphatic heterocycles. The molecule has 15 aromatic rings. The van der Waals surface area contributed by atoms with Crippen LogP contribution in [-0.2, 0) is 0 Å². The summed E-state index contributed by atoms with van der Waals surface area (Å²) < 4.78 is 4.69. The lowest BCUT2D eigenvalue weighted by molar-refractivity contribution is 0.953. The van der Waals surface area contributed by atoms with Gasteiger partial charge in [-0.2, -0.15) is 9.97 Å². The molecule has 82 heavy (non-hydrogen) atoms. The smallest absolute Gasteiger partial charge is 0.238 e. The Hall–Kier alpha value is -10.3. The number of para-hydroxylation sites is 3. The minimum atomic E-state index is -2.95. The van der Waals surface area contributed by atoms with Gasteiger partial charge in [-0.3, -0.25) is 4.57 Å². The Kier molecular flexibility index (Phi) is 12.1. The molecule has 386 valence electrons. The summed E-state index contributed by atoms with van der Waals surface area (Å²) in [7, 11) is -5.90. The highest BCUT2D eigenvalue weighted by Crippen LogP contribution is 2.40. The summed E-state index contributed by atoms with van der Waals surface area (Å²) in [6.07, 6.45) is 0. The van der Waals surface area contributed by atoms with Gasteiger partial charge in [0, 0.05) is 32.7 Å². The molecule has 0 fully saturated rings. The maximum absolute atomic E-state index is 5.68. The summed E-state index contributed by atoms with van der Waals surface area (Å²) in [6, 6.07) is 117. The quantitative estimate of drug-likeness (QED) is 0.0905. The largest absolute Gasteiger partial charge is 0.309 e. The molecule has 3 aromatic heterocycles. The van der Waals surface area contributed by atoms with Gasteiger partial charge >= 0.3 is 0 Å². The van der Waals surface area contributed by atoms with Crippen LogP contribution < -0.4 is 41.5 Å². The molecule has 0 amide bonds. The molecule has 7 heteroatoms.